The van der Waals surface area contributed by atoms with Gasteiger partial charge in [0.1, 0.15) is 12.4 Å². The third kappa shape index (κ3) is 3.92. The number of rotatable bonds is 6. The molecule has 122 valence electrons. The maximum atomic E-state index is 9.82. The molecule has 1 aliphatic carbocycles. The highest BCUT2D eigenvalue weighted by Gasteiger charge is 2.19. The molecule has 0 bridgehead atoms. The van der Waals surface area contributed by atoms with Crippen molar-refractivity contribution in [3.05, 3.63) is 64.7 Å². The first-order chi connectivity index (χ1) is 11.3. The summed E-state index contributed by atoms with van der Waals surface area (Å²) in [4.78, 5) is 0. The first-order valence-electron chi connectivity index (χ1n) is 8.37. The Hall–Kier alpha value is -1.84. The molecule has 0 heterocycles. The number of benzene rings is 2. The molecule has 1 atom stereocenters. The van der Waals surface area contributed by atoms with E-state index in [0.29, 0.717) is 13.0 Å². The molecule has 0 amide bonds. The van der Waals surface area contributed by atoms with Crippen LogP contribution in [0, 0.1) is 0 Å². The molecule has 1 aliphatic rings. The molecule has 1 unspecified atom stereocenters. The van der Waals surface area contributed by atoms with Gasteiger partial charge in [-0.05, 0) is 47.9 Å². The lowest BCUT2D eigenvalue weighted by Crippen LogP contribution is -2.17. The van der Waals surface area contributed by atoms with Gasteiger partial charge in [0.2, 0.25) is 0 Å². The highest BCUT2D eigenvalue weighted by Crippen LogP contribution is 2.34. The van der Waals surface area contributed by atoms with E-state index < -0.39 is 6.10 Å². The number of ether oxygens (including phenoxy) is 1. The molecular formula is C20H24O3. The van der Waals surface area contributed by atoms with E-state index in [1.165, 1.54) is 24.0 Å². The maximum absolute atomic E-state index is 9.82. The Morgan fingerprint density at radius 2 is 1.78 bits per heavy atom. The van der Waals surface area contributed by atoms with Crippen molar-refractivity contribution in [2.24, 2.45) is 0 Å². The van der Waals surface area contributed by atoms with Gasteiger partial charge >= 0.3 is 0 Å². The zero-order valence-electron chi connectivity index (χ0n) is 13.4. The van der Waals surface area contributed by atoms with Crippen molar-refractivity contribution >= 4 is 0 Å². The predicted octanol–water partition coefficient (Wildman–Crippen LogP) is 3.04. The smallest absolute Gasteiger partial charge is 0.126 e. The fraction of sp³-hybridized carbons (Fsp3) is 0.400. The summed E-state index contributed by atoms with van der Waals surface area (Å²) >= 11 is 0. The minimum atomic E-state index is -0.740. The van der Waals surface area contributed by atoms with E-state index in [1.807, 2.05) is 24.3 Å². The Labute approximate surface area is 137 Å². The maximum Gasteiger partial charge on any atom is 0.126 e. The van der Waals surface area contributed by atoms with Crippen molar-refractivity contribution in [1.29, 1.82) is 0 Å². The zero-order chi connectivity index (χ0) is 16.1. The first kappa shape index (κ1) is 16.0. The molecule has 0 aromatic heterocycles. The summed E-state index contributed by atoms with van der Waals surface area (Å²) in [6.07, 6.45) is 4.22. The normalized spacial score (nSPS) is 15.0. The number of aliphatic hydroxyl groups excluding tert-OH is 2. The molecule has 0 fully saturated rings. The molecule has 0 saturated carbocycles. The number of hydrogen-bond donors (Lipinski definition) is 2. The second kappa shape index (κ2) is 7.62. The Morgan fingerprint density at radius 1 is 1.00 bits per heavy atom. The number of hydrogen-bond acceptors (Lipinski definition) is 3. The van der Waals surface area contributed by atoms with Crippen LogP contribution in [0.5, 0.6) is 5.75 Å². The Morgan fingerprint density at radius 3 is 2.57 bits per heavy atom. The highest BCUT2D eigenvalue weighted by atomic mass is 16.5. The molecule has 0 aliphatic heterocycles. The summed E-state index contributed by atoms with van der Waals surface area (Å²) in [7, 11) is 0. The van der Waals surface area contributed by atoms with Gasteiger partial charge in [0.25, 0.3) is 0 Å². The summed E-state index contributed by atoms with van der Waals surface area (Å²) in [5, 5.41) is 19.0. The van der Waals surface area contributed by atoms with Crippen LogP contribution in [-0.2, 0) is 25.9 Å². The molecule has 23 heavy (non-hydrogen) atoms. The lowest BCUT2D eigenvalue weighted by Gasteiger charge is -2.23. The predicted molar refractivity (Wildman–Crippen MR) is 90.7 cm³/mol. The van der Waals surface area contributed by atoms with Gasteiger partial charge in [0.15, 0.2) is 0 Å². The topological polar surface area (TPSA) is 49.7 Å². The minimum absolute atomic E-state index is 0.227. The number of aryl methyl sites for hydroxylation is 1. The average molecular weight is 312 g/mol. The molecule has 3 heteroatoms. The van der Waals surface area contributed by atoms with Crippen LogP contribution in [0.15, 0.2) is 42.5 Å². The van der Waals surface area contributed by atoms with Crippen molar-refractivity contribution in [1.82, 2.24) is 0 Å². The third-order valence-electron chi connectivity index (χ3n) is 4.45. The largest absolute Gasteiger partial charge is 0.488 e. The van der Waals surface area contributed by atoms with Gasteiger partial charge in [-0.3, -0.25) is 0 Å². The monoisotopic (exact) mass is 312 g/mol. The third-order valence-corrected chi connectivity index (χ3v) is 4.45. The zero-order valence-corrected chi connectivity index (χ0v) is 13.4. The molecule has 0 radical (unpaired) electrons. The molecule has 0 spiro atoms. The van der Waals surface area contributed by atoms with E-state index in [9.17, 15) is 5.11 Å². The molecule has 3 nitrogen and oxygen atoms in total. The van der Waals surface area contributed by atoms with Gasteiger partial charge in [-0.15, -0.1) is 0 Å². The van der Waals surface area contributed by atoms with Crippen LogP contribution in [0.3, 0.4) is 0 Å². The van der Waals surface area contributed by atoms with Crippen molar-refractivity contribution < 1.29 is 14.9 Å². The Kier molecular flexibility index (Phi) is 5.31. The number of fused-ring (bicyclic) bond motifs is 1. The van der Waals surface area contributed by atoms with E-state index in [1.54, 1.807) is 0 Å². The van der Waals surface area contributed by atoms with Crippen LogP contribution in [0.2, 0.25) is 0 Å². The SMILES string of the molecule is OCC(O)Cc1ccc2c(c1OCc1ccccc1)CCCC2. The Balaban J connectivity index is 1.87. The van der Waals surface area contributed by atoms with E-state index in [-0.39, 0.29) is 6.61 Å². The molecule has 2 aromatic carbocycles. The minimum Gasteiger partial charge on any atom is -0.488 e. The molecular weight excluding hydrogens is 288 g/mol. The van der Waals surface area contributed by atoms with Crippen molar-refractivity contribution in [3.8, 4) is 5.75 Å². The lowest BCUT2D eigenvalue weighted by atomic mass is 9.88. The summed E-state index contributed by atoms with van der Waals surface area (Å²) in [5.41, 5.74) is 4.77. The highest BCUT2D eigenvalue weighted by molar-refractivity contribution is 5.48. The summed E-state index contributed by atoms with van der Waals surface area (Å²) < 4.78 is 6.17. The van der Waals surface area contributed by atoms with Crippen LogP contribution in [0.4, 0.5) is 0 Å². The molecule has 0 saturated heterocycles. The van der Waals surface area contributed by atoms with Crippen molar-refractivity contribution in [2.45, 2.75) is 44.8 Å². The average Bonchev–Trinajstić information content (AvgIpc) is 2.61. The quantitative estimate of drug-likeness (QED) is 0.862. The van der Waals surface area contributed by atoms with E-state index >= 15 is 0 Å². The van der Waals surface area contributed by atoms with Crippen LogP contribution in [0.1, 0.15) is 35.1 Å². The fourth-order valence-electron chi connectivity index (χ4n) is 3.23. The van der Waals surface area contributed by atoms with Gasteiger partial charge in [0, 0.05) is 6.42 Å². The second-order valence-electron chi connectivity index (χ2n) is 6.21. The van der Waals surface area contributed by atoms with Gasteiger partial charge in [-0.25, -0.2) is 0 Å². The number of aliphatic hydroxyl groups is 2. The van der Waals surface area contributed by atoms with Crippen LogP contribution in [-0.4, -0.2) is 22.9 Å². The van der Waals surface area contributed by atoms with Crippen LogP contribution < -0.4 is 4.74 Å². The summed E-state index contributed by atoms with van der Waals surface area (Å²) in [6, 6.07) is 14.3. The van der Waals surface area contributed by atoms with E-state index in [4.69, 9.17) is 9.84 Å². The van der Waals surface area contributed by atoms with Gasteiger partial charge in [-0.1, -0.05) is 42.5 Å². The molecule has 2 N–H and O–H groups in total. The molecule has 2 aromatic rings. The van der Waals surface area contributed by atoms with Crippen molar-refractivity contribution in [3.63, 3.8) is 0 Å². The van der Waals surface area contributed by atoms with Crippen molar-refractivity contribution in [2.75, 3.05) is 6.61 Å². The second-order valence-corrected chi connectivity index (χ2v) is 6.21. The summed E-state index contributed by atoms with van der Waals surface area (Å²) in [5.74, 6) is 0.915. The van der Waals surface area contributed by atoms with Gasteiger partial charge in [0.05, 0.1) is 12.7 Å². The van der Waals surface area contributed by atoms with E-state index in [2.05, 4.69) is 18.2 Å². The first-order valence-corrected chi connectivity index (χ1v) is 8.37. The lowest BCUT2D eigenvalue weighted by molar-refractivity contribution is 0.0946. The van der Waals surface area contributed by atoms with Crippen LogP contribution in [0.25, 0.3) is 0 Å². The standard InChI is InChI=1S/C20H24O3/c21-13-18(22)12-17-11-10-16-8-4-5-9-19(16)20(17)23-14-15-6-2-1-3-7-15/h1-3,6-7,10-11,18,21-22H,4-5,8-9,12-14H2. The van der Waals surface area contributed by atoms with Gasteiger partial charge < -0.3 is 14.9 Å². The van der Waals surface area contributed by atoms with Crippen LogP contribution >= 0.6 is 0 Å². The summed E-state index contributed by atoms with van der Waals surface area (Å²) in [6.45, 7) is 0.300. The Bertz CT molecular complexity index is 637. The van der Waals surface area contributed by atoms with Gasteiger partial charge in [-0.2, -0.15) is 0 Å². The van der Waals surface area contributed by atoms with E-state index in [0.717, 1.165) is 29.7 Å². The fourth-order valence-corrected chi connectivity index (χ4v) is 3.23. The molecule has 3 rings (SSSR count).